The third-order valence-corrected chi connectivity index (χ3v) is 2.68. The van der Waals surface area contributed by atoms with Gasteiger partial charge < -0.3 is 19.3 Å². The van der Waals surface area contributed by atoms with Gasteiger partial charge in [-0.3, -0.25) is 4.79 Å². The van der Waals surface area contributed by atoms with Gasteiger partial charge in [-0.2, -0.15) is 13.2 Å². The Balaban J connectivity index is 3.78. The highest BCUT2D eigenvalue weighted by atomic mass is 19.4. The van der Waals surface area contributed by atoms with Gasteiger partial charge in [-0.1, -0.05) is 0 Å². The molecule has 7 nitrogen and oxygen atoms in total. The maximum absolute atomic E-state index is 13.2. The lowest BCUT2D eigenvalue weighted by Crippen LogP contribution is -2.21. The normalized spacial score (nSPS) is 11.0. The number of hydrogen-bond acceptors (Lipinski definition) is 6. The molecule has 0 atom stereocenters. The smallest absolute Gasteiger partial charge is 0.434 e. The lowest BCUT2D eigenvalue weighted by Gasteiger charge is -2.19. The number of aromatic nitrogens is 1. The van der Waals surface area contributed by atoms with Crippen molar-refractivity contribution in [3.8, 4) is 11.6 Å². The molecule has 1 N–H and O–H groups in total. The number of nitrogens with zero attached hydrogens (tertiary/aromatic N) is 1. The first-order valence-electron chi connectivity index (χ1n) is 6.28. The van der Waals surface area contributed by atoms with Crippen molar-refractivity contribution in [1.82, 2.24) is 4.98 Å². The summed E-state index contributed by atoms with van der Waals surface area (Å²) in [6.45, 7) is 1.23. The van der Waals surface area contributed by atoms with E-state index in [2.05, 4.69) is 9.72 Å². The fraction of sp³-hybridized carbons (Fsp3) is 0.462. The van der Waals surface area contributed by atoms with Crippen LogP contribution in [0.5, 0.6) is 11.6 Å². The summed E-state index contributed by atoms with van der Waals surface area (Å²) in [6.07, 6.45) is -5.74. The Morgan fingerprint density at radius 1 is 1.22 bits per heavy atom. The number of methoxy groups -OCH3 is 2. The fourth-order valence-corrected chi connectivity index (χ4v) is 1.88. The molecule has 128 valence electrons. The van der Waals surface area contributed by atoms with E-state index in [4.69, 9.17) is 14.6 Å². The van der Waals surface area contributed by atoms with Crippen molar-refractivity contribution in [1.29, 1.82) is 0 Å². The second-order valence-electron chi connectivity index (χ2n) is 4.15. The number of pyridine rings is 1. The average Bonchev–Trinajstić information content (AvgIpc) is 2.44. The monoisotopic (exact) mass is 337 g/mol. The molecule has 0 radical (unpaired) electrons. The van der Waals surface area contributed by atoms with E-state index in [1.807, 2.05) is 0 Å². The molecule has 23 heavy (non-hydrogen) atoms. The van der Waals surface area contributed by atoms with Gasteiger partial charge >= 0.3 is 18.1 Å². The van der Waals surface area contributed by atoms with E-state index in [0.29, 0.717) is 0 Å². The van der Waals surface area contributed by atoms with Crippen molar-refractivity contribution in [3.05, 3.63) is 16.8 Å². The van der Waals surface area contributed by atoms with E-state index in [1.165, 1.54) is 6.92 Å². The van der Waals surface area contributed by atoms with Crippen molar-refractivity contribution in [2.75, 3.05) is 20.8 Å². The second kappa shape index (κ2) is 7.16. The van der Waals surface area contributed by atoms with E-state index in [0.717, 1.165) is 14.2 Å². The molecule has 0 spiro atoms. The second-order valence-corrected chi connectivity index (χ2v) is 4.15. The SMILES string of the molecule is CCOC(=O)c1c(C(F)(F)F)nc(OC)c(CC(=O)O)c1OC. The maximum Gasteiger partial charge on any atom is 0.434 e. The number of alkyl halides is 3. The minimum atomic E-state index is -5.00. The van der Waals surface area contributed by atoms with Gasteiger partial charge in [-0.05, 0) is 6.92 Å². The summed E-state index contributed by atoms with van der Waals surface area (Å²) in [5.74, 6) is -3.87. The molecular formula is C13H14F3NO6. The van der Waals surface area contributed by atoms with Crippen LogP contribution in [0, 0.1) is 0 Å². The Hall–Kier alpha value is -2.52. The zero-order valence-electron chi connectivity index (χ0n) is 12.5. The van der Waals surface area contributed by atoms with Crippen molar-refractivity contribution in [3.63, 3.8) is 0 Å². The van der Waals surface area contributed by atoms with Crippen LogP contribution in [0.2, 0.25) is 0 Å². The van der Waals surface area contributed by atoms with Gasteiger partial charge in [0.25, 0.3) is 0 Å². The molecule has 0 saturated carbocycles. The molecular weight excluding hydrogens is 323 g/mol. The molecule has 0 amide bonds. The van der Waals surface area contributed by atoms with E-state index in [-0.39, 0.29) is 12.2 Å². The Labute approximate surface area is 129 Å². The minimum absolute atomic E-state index is 0.181. The van der Waals surface area contributed by atoms with Gasteiger partial charge in [0.2, 0.25) is 5.88 Å². The number of aliphatic carboxylic acids is 1. The number of esters is 1. The van der Waals surface area contributed by atoms with Crippen LogP contribution in [0.15, 0.2) is 0 Å². The Kier molecular flexibility index (Phi) is 5.77. The minimum Gasteiger partial charge on any atom is -0.495 e. The Morgan fingerprint density at radius 3 is 2.22 bits per heavy atom. The van der Waals surface area contributed by atoms with Gasteiger partial charge in [0, 0.05) is 0 Å². The summed E-state index contributed by atoms with van der Waals surface area (Å²) in [5.41, 5.74) is -2.85. The molecule has 0 aliphatic heterocycles. The Bertz CT molecular complexity index is 615. The first-order valence-corrected chi connectivity index (χ1v) is 6.28. The first kappa shape index (κ1) is 18.5. The van der Waals surface area contributed by atoms with Crippen LogP contribution in [0.3, 0.4) is 0 Å². The third-order valence-electron chi connectivity index (χ3n) is 2.68. The van der Waals surface area contributed by atoms with Gasteiger partial charge in [-0.15, -0.1) is 0 Å². The van der Waals surface area contributed by atoms with E-state index < -0.39 is 47.4 Å². The number of carbonyl (C=O) groups is 2. The molecule has 0 aliphatic rings. The molecule has 0 aromatic carbocycles. The molecule has 0 fully saturated rings. The molecule has 1 rings (SSSR count). The predicted octanol–water partition coefficient (Wildman–Crippen LogP) is 1.92. The highest BCUT2D eigenvalue weighted by Crippen LogP contribution is 2.40. The molecule has 0 unspecified atom stereocenters. The van der Waals surface area contributed by atoms with Crippen LogP contribution in [0.25, 0.3) is 0 Å². The summed E-state index contributed by atoms with van der Waals surface area (Å²) in [7, 11) is 2.03. The number of carbonyl (C=O) groups excluding carboxylic acids is 1. The number of ether oxygens (including phenoxy) is 3. The summed E-state index contributed by atoms with van der Waals surface area (Å²) in [4.78, 5) is 26.1. The van der Waals surface area contributed by atoms with Gasteiger partial charge in [0.1, 0.15) is 11.3 Å². The van der Waals surface area contributed by atoms with Crippen LogP contribution in [-0.4, -0.2) is 42.9 Å². The molecule has 1 aromatic rings. The third kappa shape index (κ3) is 4.02. The summed E-state index contributed by atoms with van der Waals surface area (Å²) in [6, 6.07) is 0. The molecule has 0 bridgehead atoms. The average molecular weight is 337 g/mol. The standard InChI is InChI=1S/C13H14F3NO6/c1-4-23-12(20)8-9(21-2)6(5-7(18)19)11(22-3)17-10(8)13(14,15)16/h4-5H2,1-3H3,(H,18,19). The quantitative estimate of drug-likeness (QED) is 0.792. The molecule has 0 aliphatic carbocycles. The van der Waals surface area contributed by atoms with Gasteiger partial charge in [0.15, 0.2) is 5.69 Å². The van der Waals surface area contributed by atoms with Crippen molar-refractivity contribution in [2.45, 2.75) is 19.5 Å². The van der Waals surface area contributed by atoms with Crippen LogP contribution in [0.1, 0.15) is 28.5 Å². The van der Waals surface area contributed by atoms with E-state index >= 15 is 0 Å². The van der Waals surface area contributed by atoms with Crippen LogP contribution in [-0.2, 0) is 22.1 Å². The van der Waals surface area contributed by atoms with Crippen molar-refractivity contribution < 1.29 is 42.1 Å². The maximum atomic E-state index is 13.2. The zero-order valence-corrected chi connectivity index (χ0v) is 12.5. The predicted molar refractivity (Wildman–Crippen MR) is 69.6 cm³/mol. The molecule has 0 saturated heterocycles. The van der Waals surface area contributed by atoms with Crippen LogP contribution in [0.4, 0.5) is 13.2 Å². The van der Waals surface area contributed by atoms with Crippen molar-refractivity contribution in [2.24, 2.45) is 0 Å². The lowest BCUT2D eigenvalue weighted by atomic mass is 10.0. The van der Waals surface area contributed by atoms with Gasteiger partial charge in [0.05, 0.1) is 32.8 Å². The largest absolute Gasteiger partial charge is 0.495 e. The van der Waals surface area contributed by atoms with E-state index in [1.54, 1.807) is 0 Å². The van der Waals surface area contributed by atoms with Crippen LogP contribution < -0.4 is 9.47 Å². The number of carboxylic acid groups (broad SMARTS) is 1. The summed E-state index contributed by atoms with van der Waals surface area (Å²) in [5, 5.41) is 8.89. The summed E-state index contributed by atoms with van der Waals surface area (Å²) < 4.78 is 53.7. The highest BCUT2D eigenvalue weighted by Gasteiger charge is 2.42. The number of hydrogen-bond donors (Lipinski definition) is 1. The molecule has 1 heterocycles. The summed E-state index contributed by atoms with van der Waals surface area (Å²) >= 11 is 0. The topological polar surface area (TPSA) is 95.0 Å². The number of rotatable bonds is 6. The zero-order chi connectivity index (χ0) is 17.8. The highest BCUT2D eigenvalue weighted by molar-refractivity contribution is 5.95. The Morgan fingerprint density at radius 2 is 1.83 bits per heavy atom. The fourth-order valence-electron chi connectivity index (χ4n) is 1.88. The van der Waals surface area contributed by atoms with Crippen LogP contribution >= 0.6 is 0 Å². The number of carboxylic acids is 1. The molecule has 10 heteroatoms. The molecule has 1 aromatic heterocycles. The van der Waals surface area contributed by atoms with Gasteiger partial charge in [-0.25, -0.2) is 9.78 Å². The number of halogens is 3. The van der Waals surface area contributed by atoms with Crippen molar-refractivity contribution >= 4 is 11.9 Å². The first-order chi connectivity index (χ1) is 10.7. The van der Waals surface area contributed by atoms with E-state index in [9.17, 15) is 22.8 Å². The lowest BCUT2D eigenvalue weighted by molar-refractivity contribution is -0.142.